The molecule has 164 valence electrons. The van der Waals surface area contributed by atoms with Gasteiger partial charge in [0.2, 0.25) is 0 Å². The molecule has 0 amide bonds. The Hall–Kier alpha value is -2.30. The molecule has 0 saturated carbocycles. The van der Waals surface area contributed by atoms with Gasteiger partial charge in [0.1, 0.15) is 0 Å². The largest absolute Gasteiger partial charge is 0.416 e. The monoisotopic (exact) mass is 445 g/mol. The molecule has 1 nitrogen and oxygen atoms in total. The molecule has 4 rings (SSSR count). The van der Waals surface area contributed by atoms with Crippen LogP contribution in [0, 0.1) is 13.8 Å². The summed E-state index contributed by atoms with van der Waals surface area (Å²) in [6.07, 6.45) is -0.479. The summed E-state index contributed by atoms with van der Waals surface area (Å²) in [7, 11) is 0. The quantitative estimate of drug-likeness (QED) is 0.409. The first kappa shape index (κ1) is 23.4. The zero-order chi connectivity index (χ0) is 21.3. The number of halogens is 4. The van der Waals surface area contributed by atoms with Crippen molar-refractivity contribution in [3.63, 3.8) is 0 Å². The molecule has 0 radical (unpaired) electrons. The van der Waals surface area contributed by atoms with Crippen molar-refractivity contribution in [1.82, 2.24) is 4.90 Å². The van der Waals surface area contributed by atoms with Crippen molar-refractivity contribution < 1.29 is 13.2 Å². The van der Waals surface area contributed by atoms with Crippen molar-refractivity contribution in [2.45, 2.75) is 32.9 Å². The van der Waals surface area contributed by atoms with Gasteiger partial charge in [0, 0.05) is 19.6 Å². The summed E-state index contributed by atoms with van der Waals surface area (Å²) in [5.74, 6) is 0. The maximum absolute atomic E-state index is 13.0. The second-order valence-corrected chi connectivity index (χ2v) is 8.23. The van der Waals surface area contributed by atoms with Gasteiger partial charge in [0.15, 0.2) is 0 Å². The maximum Gasteiger partial charge on any atom is 0.416 e. The van der Waals surface area contributed by atoms with Gasteiger partial charge >= 0.3 is 6.18 Å². The summed E-state index contributed by atoms with van der Waals surface area (Å²) < 4.78 is 38.9. The first-order valence-corrected chi connectivity index (χ1v) is 10.4. The number of rotatable bonds is 4. The molecule has 0 fully saturated rings. The summed E-state index contributed by atoms with van der Waals surface area (Å²) in [6.45, 7) is 6.87. The van der Waals surface area contributed by atoms with Crippen molar-refractivity contribution in [2.24, 2.45) is 0 Å². The number of aryl methyl sites for hydroxylation is 2. The third kappa shape index (κ3) is 5.50. The van der Waals surface area contributed by atoms with Crippen LogP contribution in [-0.4, -0.2) is 24.5 Å². The average Bonchev–Trinajstić information content (AvgIpc) is 2.73. The molecular formula is C26H27ClF3N. The van der Waals surface area contributed by atoms with E-state index in [9.17, 15) is 13.2 Å². The molecule has 0 bridgehead atoms. The Morgan fingerprint density at radius 3 is 2.32 bits per heavy atom. The van der Waals surface area contributed by atoms with Gasteiger partial charge in [-0.05, 0) is 77.4 Å². The first-order chi connectivity index (χ1) is 14.3. The molecule has 1 aliphatic rings. The molecular weight excluding hydrogens is 419 g/mol. The number of hydrogen-bond donors (Lipinski definition) is 0. The SMILES string of the molecule is Cc1cc2ccc(CCN3CC=C(c4cccc(C(F)(F)F)c4)CC3)cc2cc1C.Cl. The number of fused-ring (bicyclic) bond motifs is 1. The third-order valence-electron chi connectivity index (χ3n) is 6.09. The van der Waals surface area contributed by atoms with Gasteiger partial charge in [-0.25, -0.2) is 0 Å². The second-order valence-electron chi connectivity index (χ2n) is 8.23. The predicted molar refractivity (Wildman–Crippen MR) is 125 cm³/mol. The van der Waals surface area contributed by atoms with Crippen LogP contribution in [0.5, 0.6) is 0 Å². The molecule has 5 heteroatoms. The molecule has 0 spiro atoms. The average molecular weight is 446 g/mol. The van der Waals surface area contributed by atoms with Crippen LogP contribution < -0.4 is 0 Å². The van der Waals surface area contributed by atoms with Crippen LogP contribution in [0.1, 0.15) is 34.2 Å². The summed E-state index contributed by atoms with van der Waals surface area (Å²) in [4.78, 5) is 2.36. The molecule has 3 aromatic rings. The fraction of sp³-hybridized carbons (Fsp3) is 0.308. The van der Waals surface area contributed by atoms with Gasteiger partial charge in [-0.15, -0.1) is 12.4 Å². The van der Waals surface area contributed by atoms with Crippen LogP contribution in [0.4, 0.5) is 13.2 Å². The maximum atomic E-state index is 13.0. The van der Waals surface area contributed by atoms with E-state index in [1.165, 1.54) is 39.6 Å². The van der Waals surface area contributed by atoms with Crippen molar-refractivity contribution in [2.75, 3.05) is 19.6 Å². The lowest BCUT2D eigenvalue weighted by Crippen LogP contribution is -2.30. The minimum atomic E-state index is -4.30. The van der Waals surface area contributed by atoms with Crippen molar-refractivity contribution >= 4 is 28.8 Å². The fourth-order valence-corrected chi connectivity index (χ4v) is 4.09. The van der Waals surface area contributed by atoms with Crippen LogP contribution in [0.2, 0.25) is 0 Å². The molecule has 3 aromatic carbocycles. The van der Waals surface area contributed by atoms with Crippen molar-refractivity contribution in [3.05, 3.63) is 88.5 Å². The minimum Gasteiger partial charge on any atom is -0.299 e. The van der Waals surface area contributed by atoms with Gasteiger partial charge in [-0.3, -0.25) is 4.90 Å². The Kier molecular flexibility index (Phi) is 7.13. The zero-order valence-electron chi connectivity index (χ0n) is 17.8. The van der Waals surface area contributed by atoms with E-state index in [1.54, 1.807) is 6.07 Å². The van der Waals surface area contributed by atoms with E-state index in [0.717, 1.165) is 44.1 Å². The van der Waals surface area contributed by atoms with Gasteiger partial charge < -0.3 is 0 Å². The first-order valence-electron chi connectivity index (χ1n) is 10.4. The van der Waals surface area contributed by atoms with Gasteiger partial charge in [0.25, 0.3) is 0 Å². The van der Waals surface area contributed by atoms with Crippen molar-refractivity contribution in [1.29, 1.82) is 0 Å². The predicted octanol–water partition coefficient (Wildman–Crippen LogP) is 7.23. The molecule has 0 unspecified atom stereocenters. The molecule has 31 heavy (non-hydrogen) atoms. The van der Waals surface area contributed by atoms with Crippen LogP contribution in [0.3, 0.4) is 0 Å². The van der Waals surface area contributed by atoms with E-state index < -0.39 is 11.7 Å². The molecule has 0 N–H and O–H groups in total. The highest BCUT2D eigenvalue weighted by atomic mass is 35.5. The third-order valence-corrected chi connectivity index (χ3v) is 6.09. The van der Waals surface area contributed by atoms with Crippen LogP contribution >= 0.6 is 12.4 Å². The summed E-state index contributed by atoms with van der Waals surface area (Å²) in [6, 6.07) is 16.8. The Morgan fingerprint density at radius 2 is 1.65 bits per heavy atom. The summed E-state index contributed by atoms with van der Waals surface area (Å²) in [5, 5.41) is 2.55. The highest BCUT2D eigenvalue weighted by Gasteiger charge is 2.30. The molecule has 0 aromatic heterocycles. The van der Waals surface area contributed by atoms with E-state index in [1.807, 2.05) is 0 Å². The van der Waals surface area contributed by atoms with E-state index in [4.69, 9.17) is 0 Å². The Morgan fingerprint density at radius 1 is 0.903 bits per heavy atom. The number of nitrogens with zero attached hydrogens (tertiary/aromatic N) is 1. The Bertz CT molecular complexity index is 1100. The van der Waals surface area contributed by atoms with Gasteiger partial charge in [-0.2, -0.15) is 13.2 Å². The van der Waals surface area contributed by atoms with Gasteiger partial charge in [-0.1, -0.05) is 48.5 Å². The van der Waals surface area contributed by atoms with Crippen LogP contribution in [-0.2, 0) is 12.6 Å². The van der Waals surface area contributed by atoms with E-state index in [0.29, 0.717) is 5.56 Å². The normalized spacial score (nSPS) is 14.9. The van der Waals surface area contributed by atoms with Crippen LogP contribution in [0.15, 0.2) is 60.7 Å². The van der Waals surface area contributed by atoms with E-state index >= 15 is 0 Å². The van der Waals surface area contributed by atoms with Crippen LogP contribution in [0.25, 0.3) is 16.3 Å². The summed E-state index contributed by atoms with van der Waals surface area (Å²) in [5.41, 5.74) is 5.05. The molecule has 0 atom stereocenters. The lowest BCUT2D eigenvalue weighted by molar-refractivity contribution is -0.137. The molecule has 1 heterocycles. The number of hydrogen-bond acceptors (Lipinski definition) is 1. The molecule has 0 aliphatic carbocycles. The van der Waals surface area contributed by atoms with E-state index in [-0.39, 0.29) is 12.4 Å². The Labute approximate surface area is 188 Å². The summed E-state index contributed by atoms with van der Waals surface area (Å²) >= 11 is 0. The topological polar surface area (TPSA) is 3.24 Å². The van der Waals surface area contributed by atoms with Crippen molar-refractivity contribution in [3.8, 4) is 0 Å². The lowest BCUT2D eigenvalue weighted by atomic mass is 9.97. The highest BCUT2D eigenvalue weighted by Crippen LogP contribution is 2.32. The fourth-order valence-electron chi connectivity index (χ4n) is 4.09. The van der Waals surface area contributed by atoms with E-state index in [2.05, 4.69) is 55.2 Å². The molecule has 0 saturated heterocycles. The highest BCUT2D eigenvalue weighted by molar-refractivity contribution is 5.85. The number of benzene rings is 3. The lowest BCUT2D eigenvalue weighted by Gasteiger charge is -2.26. The zero-order valence-corrected chi connectivity index (χ0v) is 18.6. The second kappa shape index (κ2) is 9.46. The minimum absolute atomic E-state index is 0. The smallest absolute Gasteiger partial charge is 0.299 e. The standard InChI is InChI=1S/C26H26F3N.ClH/c1-18-14-23-7-6-20(16-24(23)15-19(18)2)8-11-30-12-9-21(10-13-30)22-4-3-5-25(17-22)26(27,28)29;/h3-7,9,14-17H,8,10-13H2,1-2H3;1H. The number of alkyl halides is 3. The Balaban J connectivity index is 0.00000272. The van der Waals surface area contributed by atoms with Gasteiger partial charge in [0.05, 0.1) is 5.56 Å². The molecule has 1 aliphatic heterocycles.